The zero-order chi connectivity index (χ0) is 12.8. The second kappa shape index (κ2) is 7.56. The topological polar surface area (TPSA) is 122 Å². The van der Waals surface area contributed by atoms with E-state index < -0.39 is 33.7 Å². The Hall–Kier alpha value is 0.150. The molecule has 1 fully saturated rings. The molecule has 0 spiro atoms. The molecule has 0 saturated carbocycles. The van der Waals surface area contributed by atoms with E-state index in [1.54, 1.807) is 0 Å². The molecule has 0 aromatic heterocycles. The highest BCUT2D eigenvalue weighted by Gasteiger charge is 2.34. The van der Waals surface area contributed by atoms with Crippen molar-refractivity contribution < 1.29 is 32.2 Å². The second-order valence-electron chi connectivity index (χ2n) is 3.31. The molecule has 0 aromatic rings. The van der Waals surface area contributed by atoms with E-state index in [2.05, 4.69) is 14.4 Å². The summed E-state index contributed by atoms with van der Waals surface area (Å²) in [6.07, 6.45) is -0.255. The lowest BCUT2D eigenvalue weighted by atomic mass is 10.2. The molecule has 0 radical (unpaired) electrons. The molecule has 98 valence electrons. The first kappa shape index (κ1) is 15.2. The molecule has 11 heteroatoms. The average molecular weight is 305 g/mol. The molecule has 3 N–H and O–H groups in total. The maximum absolute atomic E-state index is 11.1. The lowest BCUT2D eigenvalue weighted by molar-refractivity contribution is -0.0333. The van der Waals surface area contributed by atoms with Gasteiger partial charge in [0.1, 0.15) is 0 Å². The van der Waals surface area contributed by atoms with Crippen LogP contribution in [-0.4, -0.2) is 38.0 Å². The van der Waals surface area contributed by atoms with Gasteiger partial charge in [-0.2, -0.15) is 0 Å². The van der Waals surface area contributed by atoms with Crippen LogP contribution in [0.15, 0.2) is 0 Å². The highest BCUT2D eigenvalue weighted by atomic mass is 32.2. The molecule has 17 heavy (non-hydrogen) atoms. The van der Waals surface area contributed by atoms with Crippen molar-refractivity contribution in [1.29, 1.82) is 0 Å². The second-order valence-corrected chi connectivity index (χ2v) is 6.38. The van der Waals surface area contributed by atoms with E-state index in [0.717, 1.165) is 0 Å². The van der Waals surface area contributed by atoms with Gasteiger partial charge in [-0.3, -0.25) is 9.53 Å². The van der Waals surface area contributed by atoms with E-state index in [1.165, 1.54) is 0 Å². The first-order valence-corrected chi connectivity index (χ1v) is 8.49. The summed E-state index contributed by atoms with van der Waals surface area (Å²) in [6, 6.07) is -0.123. The quantitative estimate of drug-likeness (QED) is 0.466. The molecule has 1 rings (SSSR count). The first-order chi connectivity index (χ1) is 7.97. The molecular weight excluding hydrogens is 292 g/mol. The standard InChI is InChI=1S/C6H11NO7P2S/c8-15(9)13-6(14-16(10)11)7-5-1-3-17(12)4-2-5/h5-7H,1-4H2/p+2. The van der Waals surface area contributed by atoms with Crippen LogP contribution in [0.1, 0.15) is 12.8 Å². The lowest BCUT2D eigenvalue weighted by Crippen LogP contribution is -2.43. The molecule has 2 unspecified atom stereocenters. The molecule has 0 amide bonds. The fourth-order valence-corrected chi connectivity index (χ4v) is 3.30. The first-order valence-electron chi connectivity index (χ1n) is 4.74. The molecule has 1 saturated heterocycles. The van der Waals surface area contributed by atoms with Crippen molar-refractivity contribution in [3.63, 3.8) is 0 Å². The summed E-state index contributed by atoms with van der Waals surface area (Å²) in [5.74, 6) is 1.03. The van der Waals surface area contributed by atoms with Gasteiger partial charge in [-0.15, -0.1) is 9.79 Å². The van der Waals surface area contributed by atoms with Gasteiger partial charge in [0.05, 0.1) is 0 Å². The zero-order valence-corrected chi connectivity index (χ0v) is 11.3. The molecule has 8 nitrogen and oxygen atoms in total. The average Bonchev–Trinajstić information content (AvgIpc) is 2.19. The number of hydrogen-bond donors (Lipinski definition) is 3. The van der Waals surface area contributed by atoms with Crippen LogP contribution in [0.5, 0.6) is 0 Å². The zero-order valence-electron chi connectivity index (χ0n) is 8.72. The molecule has 0 aliphatic carbocycles. The summed E-state index contributed by atoms with van der Waals surface area (Å²) >= 11 is 0. The monoisotopic (exact) mass is 305 g/mol. The third kappa shape index (κ3) is 6.59. The highest BCUT2D eigenvalue weighted by molar-refractivity contribution is 7.85. The summed E-state index contributed by atoms with van der Waals surface area (Å²) < 4.78 is 40.8. The van der Waals surface area contributed by atoms with Gasteiger partial charge in [-0.25, -0.2) is 0 Å². The fourth-order valence-electron chi connectivity index (χ4n) is 1.40. The van der Waals surface area contributed by atoms with Crippen LogP contribution in [0, 0.1) is 0 Å². The Morgan fingerprint density at radius 2 is 1.65 bits per heavy atom. The third-order valence-electron chi connectivity index (χ3n) is 2.13. The highest BCUT2D eigenvalue weighted by Crippen LogP contribution is 2.25. The summed E-state index contributed by atoms with van der Waals surface area (Å²) in [4.78, 5) is 17.1. The maximum atomic E-state index is 11.1. The van der Waals surface area contributed by atoms with Crippen LogP contribution in [0.25, 0.3) is 0 Å². The number of rotatable bonds is 6. The van der Waals surface area contributed by atoms with Crippen LogP contribution in [0.3, 0.4) is 0 Å². The SMILES string of the molecule is O=[P+](O)OC(NC1CCS(=O)CC1)O[P+](=O)O. The van der Waals surface area contributed by atoms with E-state index in [9.17, 15) is 13.3 Å². The van der Waals surface area contributed by atoms with E-state index in [4.69, 9.17) is 9.79 Å². The molecule has 1 aliphatic rings. The van der Waals surface area contributed by atoms with Gasteiger partial charge in [0.15, 0.2) is 0 Å². The number of nitrogens with one attached hydrogen (secondary N) is 1. The van der Waals surface area contributed by atoms with Crippen molar-refractivity contribution in [3.8, 4) is 0 Å². The largest absolute Gasteiger partial charge is 0.699 e. The predicted octanol–water partition coefficient (Wildman–Crippen LogP) is 0.103. The summed E-state index contributed by atoms with van der Waals surface area (Å²) in [6.45, 7) is 0. The van der Waals surface area contributed by atoms with Gasteiger partial charge in [0.25, 0.3) is 0 Å². The Labute approximate surface area is 102 Å². The van der Waals surface area contributed by atoms with Gasteiger partial charge < -0.3 is 0 Å². The minimum absolute atomic E-state index is 0.123. The van der Waals surface area contributed by atoms with Crippen molar-refractivity contribution in [2.24, 2.45) is 0 Å². The Morgan fingerprint density at radius 1 is 1.18 bits per heavy atom. The summed E-state index contributed by atoms with van der Waals surface area (Å²) in [5.41, 5.74) is 0. The van der Waals surface area contributed by atoms with Crippen molar-refractivity contribution in [3.05, 3.63) is 0 Å². The van der Waals surface area contributed by atoms with Crippen molar-refractivity contribution in [2.75, 3.05) is 11.5 Å². The fraction of sp³-hybridized carbons (Fsp3) is 1.00. The van der Waals surface area contributed by atoms with Crippen LogP contribution in [0.4, 0.5) is 0 Å². The van der Waals surface area contributed by atoms with Gasteiger partial charge in [-0.1, -0.05) is 9.05 Å². The molecule has 0 bridgehead atoms. The Morgan fingerprint density at radius 3 is 2.06 bits per heavy atom. The predicted molar refractivity (Wildman–Crippen MR) is 59.6 cm³/mol. The van der Waals surface area contributed by atoms with Crippen LogP contribution in [0.2, 0.25) is 0 Å². The van der Waals surface area contributed by atoms with Gasteiger partial charge in [0, 0.05) is 37.5 Å². The molecule has 1 aliphatic heterocycles. The van der Waals surface area contributed by atoms with Crippen molar-refractivity contribution in [2.45, 2.75) is 25.3 Å². The molecule has 2 atom stereocenters. The van der Waals surface area contributed by atoms with E-state index in [-0.39, 0.29) is 6.04 Å². The summed E-state index contributed by atoms with van der Waals surface area (Å²) in [7, 11) is -6.72. The van der Waals surface area contributed by atoms with Gasteiger partial charge in [-0.05, 0) is 12.8 Å². The smallest absolute Gasteiger partial charge is 0.260 e. The minimum atomic E-state index is -2.94. The third-order valence-corrected chi connectivity index (χ3v) is 4.26. The molecule has 0 aromatic carbocycles. The summed E-state index contributed by atoms with van der Waals surface area (Å²) in [5, 5.41) is 2.67. The lowest BCUT2D eigenvalue weighted by Gasteiger charge is -2.22. The van der Waals surface area contributed by atoms with Crippen LogP contribution < -0.4 is 5.32 Å². The normalized spacial score (nSPS) is 28.6. The molecular formula is C6H13NO7P2S+2. The van der Waals surface area contributed by atoms with Crippen LogP contribution in [-0.2, 0) is 29.0 Å². The Bertz CT molecular complexity index is 301. The minimum Gasteiger partial charge on any atom is -0.260 e. The Kier molecular flexibility index (Phi) is 6.76. The van der Waals surface area contributed by atoms with E-state index >= 15 is 0 Å². The van der Waals surface area contributed by atoms with Gasteiger partial charge in [0.2, 0.25) is 0 Å². The van der Waals surface area contributed by atoms with E-state index in [1.807, 2.05) is 0 Å². The number of hydrogen-bond acceptors (Lipinski definition) is 6. The van der Waals surface area contributed by atoms with E-state index in [0.29, 0.717) is 24.3 Å². The van der Waals surface area contributed by atoms with Crippen molar-refractivity contribution in [1.82, 2.24) is 5.32 Å². The Balaban J connectivity index is 2.44. The van der Waals surface area contributed by atoms with Crippen molar-refractivity contribution >= 4 is 27.3 Å². The van der Waals surface area contributed by atoms with Crippen LogP contribution >= 0.6 is 16.5 Å². The van der Waals surface area contributed by atoms with Gasteiger partial charge >= 0.3 is 22.9 Å². The molecule has 1 heterocycles. The maximum Gasteiger partial charge on any atom is 0.699 e.